The van der Waals surface area contributed by atoms with Crippen LogP contribution in [-0.2, 0) is 24.5 Å². The summed E-state index contributed by atoms with van der Waals surface area (Å²) in [5, 5.41) is 6.86. The molecule has 0 spiro atoms. The van der Waals surface area contributed by atoms with E-state index in [1.54, 1.807) is 19.1 Å². The quantitative estimate of drug-likeness (QED) is 0.428. The van der Waals surface area contributed by atoms with Gasteiger partial charge in [-0.25, -0.2) is 9.07 Å². The molecule has 172 valence electrons. The zero-order valence-electron chi connectivity index (χ0n) is 18.7. The second-order valence-corrected chi connectivity index (χ2v) is 7.84. The van der Waals surface area contributed by atoms with Gasteiger partial charge in [-0.05, 0) is 35.7 Å². The van der Waals surface area contributed by atoms with Crippen molar-refractivity contribution in [2.75, 3.05) is 0 Å². The highest BCUT2D eigenvalue weighted by Crippen LogP contribution is 2.13. The van der Waals surface area contributed by atoms with E-state index in [1.807, 2.05) is 54.6 Å². The van der Waals surface area contributed by atoms with E-state index < -0.39 is 17.2 Å². The van der Waals surface area contributed by atoms with Crippen molar-refractivity contribution in [3.63, 3.8) is 0 Å². The molecule has 0 aliphatic rings. The SMILES string of the molecule is Cc1cc(=O)c(C(=O)NCc2cccc(COCc3ccccc3)c2)nn1-c1ccccc1F. The van der Waals surface area contributed by atoms with Gasteiger partial charge in [0.05, 0.1) is 13.2 Å². The first kappa shape index (κ1) is 23.1. The van der Waals surface area contributed by atoms with Gasteiger partial charge in [-0.1, -0.05) is 66.7 Å². The highest BCUT2D eigenvalue weighted by molar-refractivity contribution is 5.92. The molecule has 0 aliphatic carbocycles. The molecule has 0 unspecified atom stereocenters. The molecule has 1 amide bonds. The summed E-state index contributed by atoms with van der Waals surface area (Å²) in [6, 6.07) is 24.9. The highest BCUT2D eigenvalue weighted by Gasteiger charge is 2.16. The Bertz CT molecular complexity index is 1350. The van der Waals surface area contributed by atoms with Gasteiger partial charge in [0.15, 0.2) is 5.69 Å². The summed E-state index contributed by atoms with van der Waals surface area (Å²) in [7, 11) is 0. The zero-order chi connectivity index (χ0) is 23.9. The minimum absolute atomic E-state index is 0.164. The van der Waals surface area contributed by atoms with Crippen molar-refractivity contribution in [2.24, 2.45) is 0 Å². The number of para-hydroxylation sites is 1. The number of rotatable bonds is 8. The van der Waals surface area contributed by atoms with Crippen molar-refractivity contribution in [1.82, 2.24) is 15.1 Å². The molecule has 0 bridgehead atoms. The molecule has 0 radical (unpaired) electrons. The summed E-state index contributed by atoms with van der Waals surface area (Å²) < 4.78 is 21.3. The average molecular weight is 458 g/mol. The third-order valence-electron chi connectivity index (χ3n) is 5.23. The van der Waals surface area contributed by atoms with E-state index >= 15 is 0 Å². The van der Waals surface area contributed by atoms with Crippen LogP contribution in [0.4, 0.5) is 4.39 Å². The van der Waals surface area contributed by atoms with Gasteiger partial charge in [0.1, 0.15) is 11.5 Å². The Balaban J connectivity index is 1.42. The van der Waals surface area contributed by atoms with E-state index in [2.05, 4.69) is 10.4 Å². The molecule has 3 aromatic carbocycles. The molecule has 0 fully saturated rings. The van der Waals surface area contributed by atoms with E-state index in [4.69, 9.17) is 4.74 Å². The Morgan fingerprint density at radius 2 is 1.59 bits per heavy atom. The molecule has 4 rings (SSSR count). The maximum Gasteiger partial charge on any atom is 0.276 e. The van der Waals surface area contributed by atoms with Crippen molar-refractivity contribution >= 4 is 5.91 Å². The van der Waals surface area contributed by atoms with Crippen LogP contribution in [0.25, 0.3) is 5.69 Å². The molecule has 7 heteroatoms. The van der Waals surface area contributed by atoms with E-state index in [0.717, 1.165) is 16.7 Å². The predicted octanol–water partition coefficient (Wildman–Crippen LogP) is 4.33. The average Bonchev–Trinajstić information content (AvgIpc) is 2.84. The molecule has 34 heavy (non-hydrogen) atoms. The lowest BCUT2D eigenvalue weighted by molar-refractivity contribution is 0.0942. The maximum absolute atomic E-state index is 14.2. The second kappa shape index (κ2) is 10.7. The van der Waals surface area contributed by atoms with Crippen LogP contribution in [0, 0.1) is 12.7 Å². The van der Waals surface area contributed by atoms with E-state index in [1.165, 1.54) is 22.9 Å². The van der Waals surface area contributed by atoms with Gasteiger partial charge >= 0.3 is 0 Å². The van der Waals surface area contributed by atoms with E-state index in [9.17, 15) is 14.0 Å². The monoisotopic (exact) mass is 457 g/mol. The smallest absolute Gasteiger partial charge is 0.276 e. The molecule has 0 aliphatic heterocycles. The number of hydrogen-bond acceptors (Lipinski definition) is 4. The Kier molecular flexibility index (Phi) is 7.25. The van der Waals surface area contributed by atoms with Gasteiger partial charge in [-0.15, -0.1) is 0 Å². The largest absolute Gasteiger partial charge is 0.372 e. The summed E-state index contributed by atoms with van der Waals surface area (Å²) in [5.41, 5.74) is 2.69. The molecule has 1 aromatic heterocycles. The Morgan fingerprint density at radius 3 is 2.38 bits per heavy atom. The Morgan fingerprint density at radius 1 is 0.912 bits per heavy atom. The fourth-order valence-electron chi connectivity index (χ4n) is 3.53. The van der Waals surface area contributed by atoms with Crippen LogP contribution >= 0.6 is 0 Å². The lowest BCUT2D eigenvalue weighted by Gasteiger charge is -2.12. The summed E-state index contributed by atoms with van der Waals surface area (Å²) in [6.45, 7) is 2.78. The van der Waals surface area contributed by atoms with Gasteiger partial charge in [-0.3, -0.25) is 9.59 Å². The third kappa shape index (κ3) is 5.63. The van der Waals surface area contributed by atoms with Gasteiger partial charge in [0, 0.05) is 18.3 Å². The summed E-state index contributed by atoms with van der Waals surface area (Å²) in [4.78, 5) is 25.1. The van der Waals surface area contributed by atoms with Crippen molar-refractivity contribution in [1.29, 1.82) is 0 Å². The minimum atomic E-state index is -0.624. The number of hydrogen-bond donors (Lipinski definition) is 1. The fraction of sp³-hybridized carbons (Fsp3) is 0.148. The minimum Gasteiger partial charge on any atom is -0.372 e. The fourth-order valence-corrected chi connectivity index (χ4v) is 3.53. The molecule has 1 N–H and O–H groups in total. The van der Waals surface area contributed by atoms with Crippen molar-refractivity contribution < 1.29 is 13.9 Å². The number of aryl methyl sites for hydroxylation is 1. The molecule has 1 heterocycles. The first-order valence-electron chi connectivity index (χ1n) is 10.8. The Hall–Kier alpha value is -4.10. The van der Waals surface area contributed by atoms with Crippen LogP contribution in [-0.4, -0.2) is 15.7 Å². The number of amides is 1. The van der Waals surface area contributed by atoms with Crippen LogP contribution in [0.5, 0.6) is 0 Å². The van der Waals surface area contributed by atoms with Gasteiger partial charge in [-0.2, -0.15) is 5.10 Å². The summed E-state index contributed by atoms with van der Waals surface area (Å²) in [6.07, 6.45) is 0. The molecule has 6 nitrogen and oxygen atoms in total. The molecule has 0 atom stereocenters. The zero-order valence-corrected chi connectivity index (χ0v) is 18.7. The van der Waals surface area contributed by atoms with Crippen molar-refractivity contribution in [3.8, 4) is 5.69 Å². The molecular formula is C27H24FN3O3. The molecule has 0 saturated carbocycles. The van der Waals surface area contributed by atoms with E-state index in [-0.39, 0.29) is 17.9 Å². The van der Waals surface area contributed by atoms with Crippen LogP contribution in [0.15, 0.2) is 89.7 Å². The molecular weight excluding hydrogens is 433 g/mol. The van der Waals surface area contributed by atoms with Crippen LogP contribution in [0.2, 0.25) is 0 Å². The highest BCUT2D eigenvalue weighted by atomic mass is 19.1. The van der Waals surface area contributed by atoms with Crippen molar-refractivity contribution in [3.05, 3.63) is 129 Å². The van der Waals surface area contributed by atoms with Gasteiger partial charge in [0.25, 0.3) is 5.91 Å². The summed E-state index contributed by atoms with van der Waals surface area (Å²) >= 11 is 0. The van der Waals surface area contributed by atoms with Gasteiger partial charge < -0.3 is 10.1 Å². The number of nitrogens with one attached hydrogen (secondary N) is 1. The summed E-state index contributed by atoms with van der Waals surface area (Å²) in [5.74, 6) is -1.12. The van der Waals surface area contributed by atoms with Crippen LogP contribution in [0.3, 0.4) is 0 Å². The number of carbonyl (C=O) groups is 1. The number of benzene rings is 3. The number of ether oxygens (including phenoxy) is 1. The first-order chi connectivity index (χ1) is 16.5. The lowest BCUT2D eigenvalue weighted by Crippen LogP contribution is -2.31. The van der Waals surface area contributed by atoms with Crippen LogP contribution < -0.4 is 10.7 Å². The lowest BCUT2D eigenvalue weighted by atomic mass is 10.1. The van der Waals surface area contributed by atoms with Crippen LogP contribution in [0.1, 0.15) is 32.9 Å². The first-order valence-corrected chi connectivity index (χ1v) is 10.8. The van der Waals surface area contributed by atoms with Gasteiger partial charge in [0.2, 0.25) is 5.43 Å². The second-order valence-electron chi connectivity index (χ2n) is 7.84. The number of aromatic nitrogens is 2. The standard InChI is InChI=1S/C27H24FN3O3/c1-19-14-25(32)26(30-31(19)24-13-6-5-12-23(24)28)27(33)29-16-21-10-7-11-22(15-21)18-34-17-20-8-3-2-4-9-20/h2-15H,16-18H2,1H3,(H,29,33). The van der Waals surface area contributed by atoms with Crippen molar-refractivity contribution in [2.45, 2.75) is 26.7 Å². The number of nitrogens with zero attached hydrogens (tertiary/aromatic N) is 2. The molecule has 0 saturated heterocycles. The number of carbonyl (C=O) groups excluding carboxylic acids is 1. The maximum atomic E-state index is 14.2. The molecule has 4 aromatic rings. The normalized spacial score (nSPS) is 10.8. The topological polar surface area (TPSA) is 73.2 Å². The Labute approximate surface area is 196 Å². The number of halogens is 1. The third-order valence-corrected chi connectivity index (χ3v) is 5.23. The predicted molar refractivity (Wildman–Crippen MR) is 127 cm³/mol. The van der Waals surface area contributed by atoms with E-state index in [0.29, 0.717) is 18.9 Å².